The zero-order valence-corrected chi connectivity index (χ0v) is 15.5. The summed E-state index contributed by atoms with van der Waals surface area (Å²) < 4.78 is 40.2. The lowest BCUT2D eigenvalue weighted by Crippen LogP contribution is -2.37. The molecule has 1 aliphatic carbocycles. The standard InChI is InChI=1S/C15H19F2N3O3.HI/c1-18-15(19-6-9-2-3-9)20-7-10-4-12-13(22-8-21-12)5-11(10)23-14(16)17;/h4-5,9,14H,2-3,6-8H2,1H3,(H2,18,19,20);1H. The van der Waals surface area contributed by atoms with Crippen molar-refractivity contribution < 1.29 is 23.0 Å². The minimum absolute atomic E-state index is 0. The van der Waals surface area contributed by atoms with E-state index in [1.54, 1.807) is 13.1 Å². The largest absolute Gasteiger partial charge is 0.454 e. The van der Waals surface area contributed by atoms with E-state index >= 15 is 0 Å². The fourth-order valence-corrected chi connectivity index (χ4v) is 2.27. The third-order valence-electron chi connectivity index (χ3n) is 3.70. The van der Waals surface area contributed by atoms with Crippen LogP contribution in [0, 0.1) is 5.92 Å². The van der Waals surface area contributed by atoms with Gasteiger partial charge in [0, 0.05) is 31.8 Å². The van der Waals surface area contributed by atoms with Crippen LogP contribution in [0.1, 0.15) is 18.4 Å². The molecule has 1 aromatic rings. The van der Waals surface area contributed by atoms with Crippen molar-refractivity contribution in [2.24, 2.45) is 10.9 Å². The van der Waals surface area contributed by atoms with Crippen LogP contribution in [0.4, 0.5) is 8.78 Å². The monoisotopic (exact) mass is 455 g/mol. The van der Waals surface area contributed by atoms with Gasteiger partial charge in [0.05, 0.1) is 0 Å². The van der Waals surface area contributed by atoms with Gasteiger partial charge in [0.25, 0.3) is 0 Å². The second-order valence-electron chi connectivity index (χ2n) is 5.44. The van der Waals surface area contributed by atoms with Gasteiger partial charge in [0.1, 0.15) is 5.75 Å². The molecule has 0 unspecified atom stereocenters. The van der Waals surface area contributed by atoms with E-state index in [1.165, 1.54) is 18.9 Å². The Morgan fingerprint density at radius 1 is 1.29 bits per heavy atom. The van der Waals surface area contributed by atoms with Crippen LogP contribution in [0.3, 0.4) is 0 Å². The molecule has 1 aromatic carbocycles. The van der Waals surface area contributed by atoms with Gasteiger partial charge >= 0.3 is 6.61 Å². The van der Waals surface area contributed by atoms with Crippen molar-refractivity contribution in [1.82, 2.24) is 10.6 Å². The molecule has 0 amide bonds. The van der Waals surface area contributed by atoms with Gasteiger partial charge in [-0.2, -0.15) is 8.78 Å². The van der Waals surface area contributed by atoms with Crippen molar-refractivity contribution >= 4 is 29.9 Å². The molecule has 1 heterocycles. The van der Waals surface area contributed by atoms with Crippen molar-refractivity contribution in [3.63, 3.8) is 0 Å². The summed E-state index contributed by atoms with van der Waals surface area (Å²) in [6.45, 7) is -1.68. The highest BCUT2D eigenvalue weighted by Gasteiger charge is 2.22. The number of halogens is 3. The second kappa shape index (κ2) is 8.54. The van der Waals surface area contributed by atoms with Crippen LogP contribution < -0.4 is 24.8 Å². The zero-order chi connectivity index (χ0) is 16.2. The molecule has 0 spiro atoms. The first kappa shape index (κ1) is 18.8. The first-order valence-electron chi connectivity index (χ1n) is 7.47. The molecule has 0 radical (unpaired) electrons. The summed E-state index contributed by atoms with van der Waals surface area (Å²) in [7, 11) is 1.67. The van der Waals surface area contributed by atoms with E-state index in [1.807, 2.05) is 0 Å². The van der Waals surface area contributed by atoms with E-state index in [-0.39, 0.29) is 43.1 Å². The first-order chi connectivity index (χ1) is 11.2. The highest BCUT2D eigenvalue weighted by Crippen LogP contribution is 2.38. The normalized spacial score (nSPS) is 15.9. The van der Waals surface area contributed by atoms with Gasteiger partial charge < -0.3 is 24.8 Å². The van der Waals surface area contributed by atoms with Gasteiger partial charge in [-0.25, -0.2) is 0 Å². The lowest BCUT2D eigenvalue weighted by Gasteiger charge is -2.15. The number of alkyl halides is 2. The van der Waals surface area contributed by atoms with Gasteiger partial charge in [0.2, 0.25) is 6.79 Å². The number of fused-ring (bicyclic) bond motifs is 1. The van der Waals surface area contributed by atoms with Gasteiger partial charge in [0.15, 0.2) is 17.5 Å². The van der Waals surface area contributed by atoms with Crippen LogP contribution in [-0.2, 0) is 6.54 Å². The fraction of sp³-hybridized carbons (Fsp3) is 0.533. The highest BCUT2D eigenvalue weighted by molar-refractivity contribution is 14.0. The summed E-state index contributed by atoms with van der Waals surface area (Å²) >= 11 is 0. The van der Waals surface area contributed by atoms with Crippen molar-refractivity contribution in [1.29, 1.82) is 0 Å². The molecule has 0 saturated heterocycles. The number of hydrogen-bond donors (Lipinski definition) is 2. The SMILES string of the molecule is CN=C(NCc1cc2c(cc1OC(F)F)OCO2)NCC1CC1.I. The molecule has 2 N–H and O–H groups in total. The lowest BCUT2D eigenvalue weighted by molar-refractivity contribution is -0.0505. The van der Waals surface area contributed by atoms with Crippen molar-refractivity contribution in [3.05, 3.63) is 17.7 Å². The molecule has 6 nitrogen and oxygen atoms in total. The molecule has 1 aliphatic heterocycles. The number of ether oxygens (including phenoxy) is 3. The molecule has 3 rings (SSSR count). The van der Waals surface area contributed by atoms with Crippen LogP contribution in [0.25, 0.3) is 0 Å². The number of nitrogens with zero attached hydrogens (tertiary/aromatic N) is 1. The number of guanidine groups is 1. The third kappa shape index (κ3) is 4.99. The zero-order valence-electron chi connectivity index (χ0n) is 13.2. The Morgan fingerprint density at radius 2 is 2.00 bits per heavy atom. The van der Waals surface area contributed by atoms with Crippen LogP contribution in [0.5, 0.6) is 17.2 Å². The molecular formula is C15H20F2IN3O3. The molecule has 24 heavy (non-hydrogen) atoms. The summed E-state index contributed by atoms with van der Waals surface area (Å²) in [5, 5.41) is 6.30. The number of benzene rings is 1. The lowest BCUT2D eigenvalue weighted by atomic mass is 10.1. The maximum Gasteiger partial charge on any atom is 0.387 e. The van der Waals surface area contributed by atoms with E-state index in [0.29, 0.717) is 28.9 Å². The predicted molar refractivity (Wildman–Crippen MR) is 95.5 cm³/mol. The molecule has 0 aromatic heterocycles. The topological polar surface area (TPSA) is 64.1 Å². The van der Waals surface area contributed by atoms with Gasteiger partial charge in [-0.05, 0) is 24.8 Å². The minimum Gasteiger partial charge on any atom is -0.454 e. The molecule has 0 atom stereocenters. The van der Waals surface area contributed by atoms with Gasteiger partial charge in [-0.1, -0.05) is 0 Å². The van der Waals surface area contributed by atoms with Crippen molar-refractivity contribution in [2.75, 3.05) is 20.4 Å². The molecule has 134 valence electrons. The Kier molecular flexibility index (Phi) is 6.69. The third-order valence-corrected chi connectivity index (χ3v) is 3.70. The average molecular weight is 455 g/mol. The van der Waals surface area contributed by atoms with Crippen molar-refractivity contribution in [3.8, 4) is 17.2 Å². The summed E-state index contributed by atoms with van der Waals surface area (Å²) in [6.07, 6.45) is 2.47. The Labute approximate surface area is 156 Å². The van der Waals surface area contributed by atoms with E-state index in [9.17, 15) is 8.78 Å². The van der Waals surface area contributed by atoms with Crippen LogP contribution in [0.15, 0.2) is 17.1 Å². The summed E-state index contributed by atoms with van der Waals surface area (Å²) in [4.78, 5) is 4.12. The number of aliphatic imine (C=N–C) groups is 1. The smallest absolute Gasteiger partial charge is 0.387 e. The van der Waals surface area contributed by atoms with E-state index in [4.69, 9.17) is 9.47 Å². The van der Waals surface area contributed by atoms with Gasteiger partial charge in [-0.3, -0.25) is 4.99 Å². The van der Waals surface area contributed by atoms with Crippen LogP contribution in [0.2, 0.25) is 0 Å². The van der Waals surface area contributed by atoms with Crippen molar-refractivity contribution in [2.45, 2.75) is 26.0 Å². The van der Waals surface area contributed by atoms with Crippen LogP contribution >= 0.6 is 24.0 Å². The number of nitrogens with one attached hydrogen (secondary N) is 2. The van der Waals surface area contributed by atoms with E-state index < -0.39 is 6.61 Å². The Balaban J connectivity index is 0.00000208. The Morgan fingerprint density at radius 3 is 2.62 bits per heavy atom. The van der Waals surface area contributed by atoms with Gasteiger partial charge in [-0.15, -0.1) is 24.0 Å². The first-order valence-corrected chi connectivity index (χ1v) is 7.47. The summed E-state index contributed by atoms with van der Waals surface area (Å²) in [6, 6.07) is 3.06. The maximum absolute atomic E-state index is 12.6. The molecule has 1 saturated carbocycles. The van der Waals surface area contributed by atoms with Crippen LogP contribution in [-0.4, -0.2) is 33.0 Å². The highest BCUT2D eigenvalue weighted by atomic mass is 127. The minimum atomic E-state index is -2.90. The Bertz CT molecular complexity index is 598. The number of hydrogen-bond acceptors (Lipinski definition) is 4. The quantitative estimate of drug-likeness (QED) is 0.393. The molecular weight excluding hydrogens is 435 g/mol. The fourth-order valence-electron chi connectivity index (χ4n) is 2.27. The van der Waals surface area contributed by atoms with E-state index in [0.717, 1.165) is 6.54 Å². The Hall–Kier alpha value is -1.52. The predicted octanol–water partition coefficient (Wildman–Crippen LogP) is 2.71. The number of rotatable bonds is 6. The molecule has 9 heteroatoms. The molecule has 2 aliphatic rings. The molecule has 1 fully saturated rings. The average Bonchev–Trinajstić information content (AvgIpc) is 3.24. The second-order valence-corrected chi connectivity index (χ2v) is 5.44. The molecule has 0 bridgehead atoms. The maximum atomic E-state index is 12.6. The van der Waals surface area contributed by atoms with E-state index in [2.05, 4.69) is 20.4 Å². The summed E-state index contributed by atoms with van der Waals surface area (Å²) in [5.74, 6) is 2.31. The summed E-state index contributed by atoms with van der Waals surface area (Å²) in [5.41, 5.74) is 0.545.